The summed E-state index contributed by atoms with van der Waals surface area (Å²) in [6, 6.07) is 0. The monoisotopic (exact) mass is 1010 g/mol. The molecule has 0 amide bonds. The van der Waals surface area contributed by atoms with Gasteiger partial charge in [0.1, 0.15) is 0 Å². The quantitative estimate of drug-likeness (QED) is 0.227. The van der Waals surface area contributed by atoms with E-state index in [4.69, 9.17) is 0 Å². The van der Waals surface area contributed by atoms with Gasteiger partial charge >= 0.3 is 0 Å². The molecule has 72 heavy (non-hydrogen) atoms. The molecule has 13 rings (SSSR count). The van der Waals surface area contributed by atoms with Crippen LogP contribution < -0.4 is 0 Å². The van der Waals surface area contributed by atoms with Crippen molar-refractivity contribution in [2.75, 3.05) is 0 Å². The fourth-order valence-corrected chi connectivity index (χ4v) is 10.2. The molecule has 0 heteroatoms. The Morgan fingerprint density at radius 3 is 0.764 bits per heavy atom. The highest BCUT2D eigenvalue weighted by molar-refractivity contribution is 5.10. The van der Waals surface area contributed by atoms with Crippen LogP contribution >= 0.6 is 0 Å². The van der Waals surface area contributed by atoms with Crippen LogP contribution in [0, 0.1) is 115 Å². The van der Waals surface area contributed by atoms with Crippen LogP contribution in [-0.2, 0) is 0 Å². The Morgan fingerprint density at radius 1 is 0.417 bits per heavy atom. The molecule has 430 valence electrons. The van der Waals surface area contributed by atoms with E-state index in [2.05, 4.69) is 166 Å². The molecule has 0 nitrogen and oxygen atoms in total. The molecule has 0 aromatic carbocycles. The van der Waals surface area contributed by atoms with E-state index < -0.39 is 0 Å². The molecule has 0 heterocycles. The van der Waals surface area contributed by atoms with Gasteiger partial charge in [-0.1, -0.05) is 250 Å². The third kappa shape index (κ3) is 31.4. The van der Waals surface area contributed by atoms with Crippen LogP contribution in [0.25, 0.3) is 0 Å². The normalized spacial score (nSPS) is 34.8. The Bertz CT molecular complexity index is 1240. The van der Waals surface area contributed by atoms with Crippen LogP contribution in [0.3, 0.4) is 0 Å². The molecule has 13 aliphatic carbocycles. The maximum Gasteiger partial charge on any atom is -0.0268 e. The summed E-state index contributed by atoms with van der Waals surface area (Å²) in [5, 5.41) is 0. The largest absolute Gasteiger partial charge is 0.0654 e. The van der Waals surface area contributed by atoms with E-state index in [1.54, 1.807) is 19.3 Å². The number of hydrogen-bond donors (Lipinski definition) is 0. The molecular formula is C72H142. The van der Waals surface area contributed by atoms with Gasteiger partial charge in [0.05, 0.1) is 0 Å². The molecule has 0 aliphatic heterocycles. The first kappa shape index (κ1) is 68.1. The molecule has 13 saturated carbocycles. The first-order chi connectivity index (χ1) is 33.4. The Hall–Kier alpha value is 0. The van der Waals surface area contributed by atoms with E-state index >= 15 is 0 Å². The van der Waals surface area contributed by atoms with E-state index in [1.165, 1.54) is 161 Å². The summed E-state index contributed by atoms with van der Waals surface area (Å²) >= 11 is 0. The van der Waals surface area contributed by atoms with E-state index in [0.29, 0.717) is 10.8 Å². The highest BCUT2D eigenvalue weighted by Gasteiger charge is 2.59. The van der Waals surface area contributed by atoms with Crippen molar-refractivity contribution in [3.63, 3.8) is 0 Å². The summed E-state index contributed by atoms with van der Waals surface area (Å²) in [6.07, 6.45) is 41.2. The second kappa shape index (κ2) is 31.0. The lowest BCUT2D eigenvalue weighted by molar-refractivity contribution is 0.190. The highest BCUT2D eigenvalue weighted by atomic mass is 14.6. The Balaban J connectivity index is 0.000000269. The van der Waals surface area contributed by atoms with Crippen molar-refractivity contribution in [3.05, 3.63) is 0 Å². The van der Waals surface area contributed by atoms with Crippen molar-refractivity contribution in [2.45, 2.75) is 346 Å². The molecule has 0 saturated heterocycles. The predicted molar refractivity (Wildman–Crippen MR) is 329 cm³/mol. The molecule has 7 atom stereocenters. The molecular weight excluding hydrogens is 865 g/mol. The average Bonchev–Trinajstić information content (AvgIpc) is 4.09. The van der Waals surface area contributed by atoms with Crippen LogP contribution in [0.2, 0.25) is 0 Å². The van der Waals surface area contributed by atoms with Gasteiger partial charge in [-0.25, -0.2) is 0 Å². The molecule has 4 unspecified atom stereocenters. The van der Waals surface area contributed by atoms with Crippen LogP contribution in [0.4, 0.5) is 0 Å². The maximum atomic E-state index is 2.37. The minimum absolute atomic E-state index is 0.708. The fourth-order valence-electron chi connectivity index (χ4n) is 10.2. The molecule has 0 radical (unpaired) electrons. The summed E-state index contributed by atoms with van der Waals surface area (Å²) < 4.78 is 0. The Kier molecular flexibility index (Phi) is 29.3. The standard InChI is InChI=1S/C6H10.11C6H12/c1-5-4-6(5)2-3-6;2*1-5-4-6(5,2)3;1-6(2)4-3-5-6;1-5(2)6-3-4-6;1-4-5(2)6(4)3;2*1-3-6(2)4-5-6;2*1-3-6-4-5(6)2;1-2-6-4-3-5-6;1-2-3-6-4-5-6/h5H,2-4H2,1H3;2*5H,4H2,1-3H3;3-5H2,1-2H3;5-6H,3-4H2,1-2H3;4-6H,1-3H3;2*3-5H2,1-2H3;2*5-6H,3-4H2,1-2H3;2*6H,2-5H2,1H3/t2*5-;;;;;;;5-,6?;;;/m00......0.../s1. The summed E-state index contributed by atoms with van der Waals surface area (Å²) in [6.45, 7) is 55.5. The van der Waals surface area contributed by atoms with Crippen molar-refractivity contribution in [2.24, 2.45) is 115 Å². The van der Waals surface area contributed by atoms with Gasteiger partial charge in [0.2, 0.25) is 0 Å². The molecule has 0 aromatic rings. The van der Waals surface area contributed by atoms with Crippen LogP contribution in [-0.4, -0.2) is 0 Å². The van der Waals surface area contributed by atoms with Crippen molar-refractivity contribution in [1.29, 1.82) is 0 Å². The third-order valence-corrected chi connectivity index (χ3v) is 22.8. The van der Waals surface area contributed by atoms with Gasteiger partial charge in [-0.15, -0.1) is 0 Å². The van der Waals surface area contributed by atoms with Crippen molar-refractivity contribution < 1.29 is 0 Å². The second-order valence-electron chi connectivity index (χ2n) is 31.9. The maximum absolute atomic E-state index is 2.37. The van der Waals surface area contributed by atoms with E-state index in [9.17, 15) is 0 Å². The van der Waals surface area contributed by atoms with Crippen molar-refractivity contribution >= 4 is 0 Å². The third-order valence-electron chi connectivity index (χ3n) is 22.8. The lowest BCUT2D eigenvalue weighted by atomic mass is 9.72. The Morgan fingerprint density at radius 2 is 0.750 bits per heavy atom. The summed E-state index contributed by atoms with van der Waals surface area (Å²) in [5.74, 6) is 14.8. The molecule has 0 N–H and O–H groups in total. The lowest BCUT2D eigenvalue weighted by Crippen LogP contribution is -2.20. The first-order valence-corrected chi connectivity index (χ1v) is 33.4. The van der Waals surface area contributed by atoms with Gasteiger partial charge in [-0.3, -0.25) is 0 Å². The first-order valence-electron chi connectivity index (χ1n) is 33.4. The number of rotatable bonds is 8. The zero-order chi connectivity index (χ0) is 54.9. The van der Waals surface area contributed by atoms with Gasteiger partial charge in [-0.2, -0.15) is 0 Å². The second-order valence-corrected chi connectivity index (χ2v) is 31.9. The van der Waals surface area contributed by atoms with E-state index in [0.717, 1.165) is 105 Å². The number of hydrogen-bond acceptors (Lipinski definition) is 0. The van der Waals surface area contributed by atoms with Gasteiger partial charge in [-0.05, 0) is 212 Å². The van der Waals surface area contributed by atoms with Gasteiger partial charge in [0.15, 0.2) is 0 Å². The average molecular weight is 1010 g/mol. The van der Waals surface area contributed by atoms with E-state index in [-0.39, 0.29) is 0 Å². The molecule has 13 aliphatic rings. The van der Waals surface area contributed by atoms with Crippen LogP contribution in [0.15, 0.2) is 0 Å². The zero-order valence-electron chi connectivity index (χ0n) is 54.9. The predicted octanol–water partition coefficient (Wildman–Crippen LogP) is 25.0. The minimum atomic E-state index is 0.708. The fraction of sp³-hybridized carbons (Fsp3) is 1.00. The Labute approximate surface area is 459 Å². The smallest absolute Gasteiger partial charge is 0.0268 e. The molecule has 0 bridgehead atoms. The van der Waals surface area contributed by atoms with Crippen molar-refractivity contribution in [1.82, 2.24) is 0 Å². The topological polar surface area (TPSA) is 0 Å². The summed E-state index contributed by atoms with van der Waals surface area (Å²) in [4.78, 5) is 0. The van der Waals surface area contributed by atoms with Crippen LogP contribution in [0.5, 0.6) is 0 Å². The van der Waals surface area contributed by atoms with Gasteiger partial charge in [0.25, 0.3) is 0 Å². The van der Waals surface area contributed by atoms with E-state index in [1.807, 2.05) is 0 Å². The highest BCUT2D eigenvalue weighted by Crippen LogP contribution is 2.70. The van der Waals surface area contributed by atoms with Crippen molar-refractivity contribution in [3.8, 4) is 0 Å². The lowest BCUT2D eigenvalue weighted by Gasteiger charge is -2.33. The van der Waals surface area contributed by atoms with Crippen LogP contribution in [0.1, 0.15) is 346 Å². The minimum Gasteiger partial charge on any atom is -0.0654 e. The van der Waals surface area contributed by atoms with Gasteiger partial charge < -0.3 is 0 Å². The SMILES string of the molecule is CC(C)C1CC1.CC1(C)CCC1.CC1C(C)C1C.CC1CC1(C)C.CCC1(C)CC1.CCC1(C)CC1.CCC1CC1C.CCC1CCC1.CCC1C[C@@H]1C.CCCC1CC1.C[C@H]1CC1(C)C.C[C@H]1CC12CC2. The molecule has 1 spiro atoms. The summed E-state index contributed by atoms with van der Waals surface area (Å²) in [7, 11) is 0. The molecule has 0 aromatic heterocycles. The zero-order valence-corrected chi connectivity index (χ0v) is 54.9. The van der Waals surface area contributed by atoms with Gasteiger partial charge in [0, 0.05) is 0 Å². The summed E-state index contributed by atoms with van der Waals surface area (Å²) in [5.41, 5.74) is 4.68. The molecule has 13 fully saturated rings.